The van der Waals surface area contributed by atoms with E-state index in [0.717, 1.165) is 21.5 Å². The van der Waals surface area contributed by atoms with E-state index < -0.39 is 0 Å². The molecule has 0 radical (unpaired) electrons. The van der Waals surface area contributed by atoms with Gasteiger partial charge < -0.3 is 0 Å². The second-order valence-electron chi connectivity index (χ2n) is 7.05. The number of nitrogens with zero attached hydrogens (tertiary/aromatic N) is 2. The van der Waals surface area contributed by atoms with Crippen molar-refractivity contribution in [2.24, 2.45) is 0 Å². The quantitative estimate of drug-likeness (QED) is 0.379. The molecule has 3 aromatic carbocycles. The third-order valence-corrected chi connectivity index (χ3v) is 5.55. The first-order chi connectivity index (χ1) is 13.9. The number of hydrogen-bond acceptors (Lipinski definition) is 2. The number of rotatable bonds is 0. The van der Waals surface area contributed by atoms with Crippen LogP contribution in [0.3, 0.4) is 0 Å². The van der Waals surface area contributed by atoms with Crippen LogP contribution in [0.2, 0.25) is 0 Å². The molecule has 0 unspecified atom stereocenters. The molecule has 0 atom stereocenters. The minimum atomic E-state index is 0.919. The van der Waals surface area contributed by atoms with Crippen LogP contribution in [0, 0.1) is 41.7 Å². The van der Waals surface area contributed by atoms with Gasteiger partial charge in [-0.1, -0.05) is 72.8 Å². The van der Waals surface area contributed by atoms with Crippen molar-refractivity contribution in [3.05, 3.63) is 139 Å². The zero-order chi connectivity index (χ0) is 18.5. The number of aromatic nitrogens is 2. The highest BCUT2D eigenvalue weighted by Gasteiger charge is 2.04. The first kappa shape index (κ1) is 15.3. The lowest BCUT2D eigenvalue weighted by Gasteiger charge is -2.04. The minimum Gasteiger partial charge on any atom is -0.254 e. The maximum atomic E-state index is 4.73. The lowest BCUT2D eigenvalue weighted by atomic mass is 10.0. The van der Waals surface area contributed by atoms with Crippen LogP contribution in [0.5, 0.6) is 0 Å². The van der Waals surface area contributed by atoms with E-state index in [4.69, 9.17) is 9.97 Å². The molecule has 2 heterocycles. The highest BCUT2D eigenvalue weighted by Crippen LogP contribution is 2.17. The van der Waals surface area contributed by atoms with Gasteiger partial charge in [-0.2, -0.15) is 0 Å². The summed E-state index contributed by atoms with van der Waals surface area (Å²) in [6.45, 7) is 0. The Balaban J connectivity index is 2.27. The molecule has 1 aliphatic rings. The third kappa shape index (κ3) is 2.09. The summed E-state index contributed by atoms with van der Waals surface area (Å²) in [6, 6.07) is 29.9. The summed E-state index contributed by atoms with van der Waals surface area (Å²) in [4.78, 5) is 9.46. The van der Waals surface area contributed by atoms with Crippen LogP contribution in [-0.2, 0) is 0 Å². The molecular weight excluding hydrogens is 340 g/mol. The fourth-order valence-electron chi connectivity index (χ4n) is 4.34. The van der Waals surface area contributed by atoms with Gasteiger partial charge in [-0.05, 0) is 43.4 Å². The van der Waals surface area contributed by atoms with E-state index in [2.05, 4.69) is 72.8 Å². The second-order valence-corrected chi connectivity index (χ2v) is 7.05. The zero-order valence-electron chi connectivity index (χ0n) is 15.1. The summed E-state index contributed by atoms with van der Waals surface area (Å²) in [7, 11) is 0. The lowest BCUT2D eigenvalue weighted by Crippen LogP contribution is -1.93. The minimum absolute atomic E-state index is 0.919. The molecule has 0 bridgehead atoms. The Kier molecular flexibility index (Phi) is 3.20. The van der Waals surface area contributed by atoms with Gasteiger partial charge in [-0.15, -0.1) is 0 Å². The van der Waals surface area contributed by atoms with Crippen LogP contribution in [-0.4, -0.2) is 9.97 Å². The Labute approximate surface area is 160 Å². The molecule has 0 fully saturated rings. The number of benzene rings is 3. The first-order valence-electron chi connectivity index (χ1n) is 9.44. The maximum absolute atomic E-state index is 4.73. The standard InChI is InChI=1S/C26H16N2/c1-2-9-18-17(8-1)19-10-3-4-12-21(19)23-16-28-24-14-7-15-27-26(24)25(23)22-13-6-5-11-20(18)22/h1-16H/b19-17-,20-18-,23-21-,25-22+. The molecule has 6 rings (SSSR count). The van der Waals surface area contributed by atoms with E-state index in [1.807, 2.05) is 24.5 Å². The van der Waals surface area contributed by atoms with Gasteiger partial charge in [-0.3, -0.25) is 9.97 Å². The van der Waals surface area contributed by atoms with E-state index in [9.17, 15) is 0 Å². The Bertz CT molecular complexity index is 1770. The molecule has 2 nitrogen and oxygen atoms in total. The van der Waals surface area contributed by atoms with E-state index in [1.54, 1.807) is 0 Å². The van der Waals surface area contributed by atoms with Gasteiger partial charge in [-0.25, -0.2) is 0 Å². The largest absolute Gasteiger partial charge is 0.254 e. The average molecular weight is 356 g/mol. The maximum Gasteiger partial charge on any atom is 0.0971 e. The average Bonchev–Trinajstić information content (AvgIpc) is 2.77. The van der Waals surface area contributed by atoms with Crippen molar-refractivity contribution in [3.63, 3.8) is 0 Å². The van der Waals surface area contributed by atoms with Crippen molar-refractivity contribution in [1.82, 2.24) is 9.97 Å². The molecule has 1 aliphatic carbocycles. The topological polar surface area (TPSA) is 25.8 Å². The van der Waals surface area contributed by atoms with E-state index in [-0.39, 0.29) is 0 Å². The number of fused-ring (bicyclic) bond motifs is 6. The molecular formula is C26H16N2. The lowest BCUT2D eigenvalue weighted by molar-refractivity contribution is 1.23. The molecule has 2 heteroatoms. The summed E-state index contributed by atoms with van der Waals surface area (Å²) >= 11 is 0. The van der Waals surface area contributed by atoms with Crippen molar-refractivity contribution >= 4 is 11.0 Å². The van der Waals surface area contributed by atoms with E-state index in [0.29, 0.717) is 0 Å². The molecule has 5 aromatic rings. The van der Waals surface area contributed by atoms with Crippen molar-refractivity contribution in [3.8, 4) is 0 Å². The van der Waals surface area contributed by atoms with Crippen molar-refractivity contribution < 1.29 is 0 Å². The van der Waals surface area contributed by atoms with Crippen LogP contribution in [0.1, 0.15) is 0 Å². The highest BCUT2D eigenvalue weighted by atomic mass is 14.7. The molecule has 28 heavy (non-hydrogen) atoms. The summed E-state index contributed by atoms with van der Waals surface area (Å²) in [5, 5.41) is 9.63. The monoisotopic (exact) mass is 356 g/mol. The Hall–Kier alpha value is -3.78. The molecule has 0 N–H and O–H groups in total. The fourth-order valence-corrected chi connectivity index (χ4v) is 4.34. The summed E-state index contributed by atoms with van der Waals surface area (Å²) < 4.78 is 0. The van der Waals surface area contributed by atoms with Crippen molar-refractivity contribution in [2.45, 2.75) is 0 Å². The summed E-state index contributed by atoms with van der Waals surface area (Å²) in [6.07, 6.45) is 3.86. The van der Waals surface area contributed by atoms with E-state index in [1.165, 1.54) is 31.3 Å². The number of hydrogen-bond donors (Lipinski definition) is 0. The van der Waals surface area contributed by atoms with Crippen molar-refractivity contribution in [1.29, 1.82) is 0 Å². The molecule has 0 spiro atoms. The van der Waals surface area contributed by atoms with Gasteiger partial charge in [0.05, 0.1) is 11.0 Å². The molecule has 130 valence electrons. The van der Waals surface area contributed by atoms with Crippen LogP contribution >= 0.6 is 0 Å². The predicted molar refractivity (Wildman–Crippen MR) is 110 cm³/mol. The molecule has 0 saturated carbocycles. The SMILES string of the molecule is c1ccc2/c(c1)=c1/cccc/c1=c1\cnc3cccnc3\c1=c1/cccc/c1=2. The predicted octanol–water partition coefficient (Wildman–Crippen LogP) is 5.09. The smallest absolute Gasteiger partial charge is 0.0971 e. The van der Waals surface area contributed by atoms with Gasteiger partial charge in [0.1, 0.15) is 0 Å². The van der Waals surface area contributed by atoms with Crippen LogP contribution < -0.4 is 0 Å². The zero-order valence-corrected chi connectivity index (χ0v) is 15.1. The van der Waals surface area contributed by atoms with Crippen LogP contribution in [0.15, 0.2) is 97.3 Å². The summed E-state index contributed by atoms with van der Waals surface area (Å²) in [5.41, 5.74) is 1.86. The Morgan fingerprint density at radius 2 is 0.929 bits per heavy atom. The Morgan fingerprint density at radius 3 is 1.54 bits per heavy atom. The number of pyridine rings is 2. The van der Waals surface area contributed by atoms with Gasteiger partial charge in [0.25, 0.3) is 0 Å². The molecule has 2 aromatic heterocycles. The van der Waals surface area contributed by atoms with Gasteiger partial charge in [0, 0.05) is 22.8 Å². The normalized spacial score (nSPS) is 16.7. The Morgan fingerprint density at radius 1 is 0.429 bits per heavy atom. The second kappa shape index (κ2) is 5.86. The van der Waals surface area contributed by atoms with Crippen molar-refractivity contribution in [2.75, 3.05) is 0 Å². The van der Waals surface area contributed by atoms with Gasteiger partial charge in [0.2, 0.25) is 0 Å². The molecule has 0 aliphatic heterocycles. The third-order valence-electron chi connectivity index (χ3n) is 5.55. The molecule has 0 amide bonds. The van der Waals surface area contributed by atoms with Crippen LogP contribution in [0.4, 0.5) is 0 Å². The highest BCUT2D eigenvalue weighted by molar-refractivity contribution is 5.74. The fraction of sp³-hybridized carbons (Fsp3) is 0. The molecule has 0 saturated heterocycles. The summed E-state index contributed by atoms with van der Waals surface area (Å²) in [5.74, 6) is 0. The van der Waals surface area contributed by atoms with Gasteiger partial charge >= 0.3 is 0 Å². The first-order valence-corrected chi connectivity index (χ1v) is 9.44. The van der Waals surface area contributed by atoms with E-state index >= 15 is 0 Å². The van der Waals surface area contributed by atoms with Gasteiger partial charge in [0.15, 0.2) is 0 Å². The van der Waals surface area contributed by atoms with Crippen LogP contribution in [0.25, 0.3) is 11.0 Å².